The van der Waals surface area contributed by atoms with Gasteiger partial charge in [-0.3, -0.25) is 5.43 Å². The number of rotatable bonds is 5. The number of hydrazine groups is 1. The first-order chi connectivity index (χ1) is 7.24. The zero-order valence-corrected chi connectivity index (χ0v) is 8.62. The molecule has 1 aromatic carbocycles. The van der Waals surface area contributed by atoms with Crippen molar-refractivity contribution in [3.63, 3.8) is 0 Å². The predicted molar refractivity (Wildman–Crippen MR) is 59.0 cm³/mol. The summed E-state index contributed by atoms with van der Waals surface area (Å²) in [5.41, 5.74) is 6.53. The van der Waals surface area contributed by atoms with Gasteiger partial charge >= 0.3 is 5.97 Å². The van der Waals surface area contributed by atoms with E-state index in [-0.39, 0.29) is 5.70 Å². The molecule has 0 aliphatic rings. The first-order valence-corrected chi connectivity index (χ1v) is 4.67. The van der Waals surface area contributed by atoms with E-state index in [4.69, 9.17) is 4.74 Å². The minimum Gasteiger partial charge on any atom is -0.461 e. The van der Waals surface area contributed by atoms with E-state index in [2.05, 4.69) is 17.4 Å². The molecule has 1 rings (SSSR count). The van der Waals surface area contributed by atoms with Crippen LogP contribution in [0.2, 0.25) is 0 Å². The van der Waals surface area contributed by atoms with Gasteiger partial charge in [0.1, 0.15) is 5.70 Å². The summed E-state index contributed by atoms with van der Waals surface area (Å²) in [4.78, 5) is 11.1. The van der Waals surface area contributed by atoms with Gasteiger partial charge in [0.05, 0.1) is 12.3 Å². The average molecular weight is 206 g/mol. The Morgan fingerprint density at radius 3 is 2.67 bits per heavy atom. The Balaban J connectivity index is 2.38. The molecule has 1 aromatic rings. The van der Waals surface area contributed by atoms with Crippen molar-refractivity contribution in [2.45, 2.75) is 6.92 Å². The normalized spacial score (nSPS) is 9.13. The molecule has 0 aliphatic heterocycles. The Labute approximate surface area is 88.9 Å². The third kappa shape index (κ3) is 3.72. The number of benzene rings is 1. The Kier molecular flexibility index (Phi) is 4.22. The average Bonchev–Trinajstić information content (AvgIpc) is 2.27. The number of anilines is 1. The number of nitrogens with one attached hydrogen (secondary N) is 2. The summed E-state index contributed by atoms with van der Waals surface area (Å²) in [5.74, 6) is -0.457. The first kappa shape index (κ1) is 11.1. The van der Waals surface area contributed by atoms with Crippen LogP contribution in [0.1, 0.15) is 6.92 Å². The van der Waals surface area contributed by atoms with E-state index in [0.717, 1.165) is 5.69 Å². The number of para-hydroxylation sites is 1. The smallest absolute Gasteiger partial charge is 0.355 e. The summed E-state index contributed by atoms with van der Waals surface area (Å²) in [6.07, 6.45) is 0. The van der Waals surface area contributed by atoms with Crippen molar-refractivity contribution in [3.05, 3.63) is 42.6 Å². The standard InChI is InChI=1S/C11H14N2O2/c1-3-15-11(14)9(2)12-13-10-7-5-4-6-8-10/h4-8,12-13H,2-3H2,1H3. The number of ether oxygens (including phenoxy) is 1. The molecule has 0 saturated heterocycles. The van der Waals surface area contributed by atoms with Crippen LogP contribution in [0.15, 0.2) is 42.6 Å². The largest absolute Gasteiger partial charge is 0.461 e. The molecule has 0 amide bonds. The van der Waals surface area contributed by atoms with Crippen LogP contribution in [0.25, 0.3) is 0 Å². The molecule has 0 heterocycles. The Morgan fingerprint density at radius 1 is 1.40 bits per heavy atom. The van der Waals surface area contributed by atoms with E-state index in [9.17, 15) is 4.79 Å². The molecule has 0 radical (unpaired) electrons. The topological polar surface area (TPSA) is 50.4 Å². The van der Waals surface area contributed by atoms with Crippen molar-refractivity contribution in [1.29, 1.82) is 0 Å². The molecule has 15 heavy (non-hydrogen) atoms. The van der Waals surface area contributed by atoms with Crippen LogP contribution in [0.4, 0.5) is 5.69 Å². The molecule has 0 aromatic heterocycles. The van der Waals surface area contributed by atoms with E-state index in [1.807, 2.05) is 30.3 Å². The Hall–Kier alpha value is -1.97. The van der Waals surface area contributed by atoms with Crippen molar-refractivity contribution in [3.8, 4) is 0 Å². The van der Waals surface area contributed by atoms with Crippen molar-refractivity contribution < 1.29 is 9.53 Å². The van der Waals surface area contributed by atoms with Crippen LogP contribution in [-0.2, 0) is 9.53 Å². The second kappa shape index (κ2) is 5.70. The van der Waals surface area contributed by atoms with Gasteiger partial charge in [-0.05, 0) is 19.1 Å². The SMILES string of the molecule is C=C(NNc1ccccc1)C(=O)OCC. The van der Waals surface area contributed by atoms with E-state index in [0.29, 0.717) is 6.61 Å². The van der Waals surface area contributed by atoms with Gasteiger partial charge in [-0.15, -0.1) is 0 Å². The summed E-state index contributed by atoms with van der Waals surface area (Å²) in [6.45, 7) is 5.62. The lowest BCUT2D eigenvalue weighted by Crippen LogP contribution is -2.26. The zero-order chi connectivity index (χ0) is 11.1. The lowest BCUT2D eigenvalue weighted by atomic mass is 10.3. The van der Waals surface area contributed by atoms with Crippen LogP contribution in [0.3, 0.4) is 0 Å². The lowest BCUT2D eigenvalue weighted by molar-refractivity contribution is -0.138. The van der Waals surface area contributed by atoms with E-state index < -0.39 is 5.97 Å². The maximum absolute atomic E-state index is 11.1. The number of carbonyl (C=O) groups is 1. The number of hydrogen-bond donors (Lipinski definition) is 2. The van der Waals surface area contributed by atoms with E-state index in [1.54, 1.807) is 6.92 Å². The van der Waals surface area contributed by atoms with Crippen LogP contribution < -0.4 is 10.9 Å². The second-order valence-corrected chi connectivity index (χ2v) is 2.82. The van der Waals surface area contributed by atoms with Crippen molar-refractivity contribution >= 4 is 11.7 Å². The molecule has 0 atom stereocenters. The highest BCUT2D eigenvalue weighted by Gasteiger charge is 2.05. The zero-order valence-electron chi connectivity index (χ0n) is 8.62. The minimum absolute atomic E-state index is 0.181. The van der Waals surface area contributed by atoms with Gasteiger partial charge in [-0.25, -0.2) is 4.79 Å². The van der Waals surface area contributed by atoms with E-state index >= 15 is 0 Å². The van der Waals surface area contributed by atoms with Crippen LogP contribution in [0.5, 0.6) is 0 Å². The first-order valence-electron chi connectivity index (χ1n) is 4.67. The number of hydrogen-bond acceptors (Lipinski definition) is 4. The Morgan fingerprint density at radius 2 is 2.07 bits per heavy atom. The molecule has 2 N–H and O–H groups in total. The van der Waals surface area contributed by atoms with Crippen LogP contribution >= 0.6 is 0 Å². The van der Waals surface area contributed by atoms with Gasteiger partial charge in [0.15, 0.2) is 0 Å². The summed E-state index contributed by atoms with van der Waals surface area (Å²) in [7, 11) is 0. The van der Waals surface area contributed by atoms with Gasteiger partial charge in [-0.2, -0.15) is 0 Å². The maximum atomic E-state index is 11.1. The third-order valence-corrected chi connectivity index (χ3v) is 1.65. The third-order valence-electron chi connectivity index (χ3n) is 1.65. The van der Waals surface area contributed by atoms with Crippen molar-refractivity contribution in [1.82, 2.24) is 5.43 Å². The molecule has 0 aliphatic carbocycles. The number of esters is 1. The fourth-order valence-corrected chi connectivity index (χ4v) is 0.938. The van der Waals surface area contributed by atoms with Crippen molar-refractivity contribution in [2.24, 2.45) is 0 Å². The molecule has 0 spiro atoms. The molecule has 0 bridgehead atoms. The summed E-state index contributed by atoms with van der Waals surface area (Å²) < 4.78 is 4.75. The van der Waals surface area contributed by atoms with Gasteiger partial charge in [0.25, 0.3) is 0 Å². The fraction of sp³-hybridized carbons (Fsp3) is 0.182. The highest BCUT2D eigenvalue weighted by molar-refractivity contribution is 5.87. The van der Waals surface area contributed by atoms with Gasteiger partial charge in [0, 0.05) is 0 Å². The monoisotopic (exact) mass is 206 g/mol. The highest BCUT2D eigenvalue weighted by atomic mass is 16.5. The van der Waals surface area contributed by atoms with Crippen LogP contribution in [0, 0.1) is 0 Å². The molecular weight excluding hydrogens is 192 g/mol. The lowest BCUT2D eigenvalue weighted by Gasteiger charge is -2.10. The van der Waals surface area contributed by atoms with Gasteiger partial charge in [0.2, 0.25) is 0 Å². The molecule has 4 heteroatoms. The number of carbonyl (C=O) groups excluding carboxylic acids is 1. The molecular formula is C11H14N2O2. The van der Waals surface area contributed by atoms with Crippen LogP contribution in [-0.4, -0.2) is 12.6 Å². The molecule has 0 fully saturated rings. The maximum Gasteiger partial charge on any atom is 0.355 e. The minimum atomic E-state index is -0.457. The van der Waals surface area contributed by atoms with Gasteiger partial charge < -0.3 is 10.2 Å². The highest BCUT2D eigenvalue weighted by Crippen LogP contribution is 2.03. The van der Waals surface area contributed by atoms with Gasteiger partial charge in [-0.1, -0.05) is 24.8 Å². The second-order valence-electron chi connectivity index (χ2n) is 2.82. The molecule has 80 valence electrons. The Bertz CT molecular complexity index is 336. The van der Waals surface area contributed by atoms with E-state index in [1.165, 1.54) is 0 Å². The summed E-state index contributed by atoms with van der Waals surface area (Å²) in [5, 5.41) is 0. The fourth-order valence-electron chi connectivity index (χ4n) is 0.938. The molecule has 0 unspecified atom stereocenters. The van der Waals surface area contributed by atoms with Crippen molar-refractivity contribution in [2.75, 3.05) is 12.0 Å². The summed E-state index contributed by atoms with van der Waals surface area (Å²) >= 11 is 0. The summed E-state index contributed by atoms with van der Waals surface area (Å²) in [6, 6.07) is 9.41. The quantitative estimate of drug-likeness (QED) is 0.437. The molecule has 0 saturated carbocycles. The molecule has 4 nitrogen and oxygen atoms in total. The predicted octanol–water partition coefficient (Wildman–Crippen LogP) is 1.68.